The lowest BCUT2D eigenvalue weighted by Gasteiger charge is -2.32. The maximum absolute atomic E-state index is 2.49. The van der Waals surface area contributed by atoms with Crippen LogP contribution in [-0.2, 0) is 5.41 Å². The second-order valence-corrected chi connectivity index (χ2v) is 17.9. The fourth-order valence-electron chi connectivity index (χ4n) is 10.8. The van der Waals surface area contributed by atoms with Crippen LogP contribution in [0.15, 0.2) is 237 Å². The highest BCUT2D eigenvalue weighted by Crippen LogP contribution is 2.63. The predicted molar refractivity (Wildman–Crippen MR) is 267 cm³/mol. The molecule has 0 N–H and O–H groups in total. The average Bonchev–Trinajstić information content (AvgIpc) is 3.98. The Morgan fingerprint density at radius 2 is 0.794 bits per heavy atom. The minimum atomic E-state index is -0.446. The molecule has 1 heterocycles. The number of fused-ring (bicyclic) bond motifs is 13. The molecular weight excluding hydrogens is 779 g/mol. The Bertz CT molecular complexity index is 3510. The van der Waals surface area contributed by atoms with E-state index in [0.29, 0.717) is 0 Å². The number of hydrogen-bond acceptors (Lipinski definition) is 2. The minimum absolute atomic E-state index is 0.446. The zero-order chi connectivity index (χ0) is 41.5. The molecule has 1 aromatic heterocycles. The Labute approximate surface area is 371 Å². The molecule has 0 unspecified atom stereocenters. The van der Waals surface area contributed by atoms with Crippen molar-refractivity contribution in [2.24, 2.45) is 0 Å². The van der Waals surface area contributed by atoms with E-state index in [2.05, 4.69) is 241 Å². The zero-order valence-corrected chi connectivity index (χ0v) is 35.2. The molecule has 0 saturated heterocycles. The number of para-hydroxylation sites is 1. The summed E-state index contributed by atoms with van der Waals surface area (Å²) in [6.45, 7) is 0. The number of hydrogen-bond donors (Lipinski definition) is 0. The third kappa shape index (κ3) is 5.42. The molecule has 2 aliphatic carbocycles. The maximum Gasteiger partial charge on any atom is 0.0726 e. The van der Waals surface area contributed by atoms with Gasteiger partial charge in [-0.05, 0) is 127 Å². The topological polar surface area (TPSA) is 3.24 Å². The molecule has 0 bridgehead atoms. The fourth-order valence-corrected chi connectivity index (χ4v) is 11.9. The van der Waals surface area contributed by atoms with Gasteiger partial charge in [-0.15, -0.1) is 11.3 Å². The van der Waals surface area contributed by atoms with Crippen LogP contribution >= 0.6 is 11.3 Å². The predicted octanol–water partition coefficient (Wildman–Crippen LogP) is 16.9. The monoisotopic (exact) mass is 817 g/mol. The summed E-state index contributed by atoms with van der Waals surface area (Å²) in [5, 5.41) is 2.63. The molecule has 0 saturated carbocycles. The van der Waals surface area contributed by atoms with E-state index in [1.165, 1.54) is 98.1 Å². The zero-order valence-electron chi connectivity index (χ0n) is 34.4. The van der Waals surface area contributed by atoms with Gasteiger partial charge in [0.2, 0.25) is 0 Å². The Morgan fingerprint density at radius 3 is 1.52 bits per heavy atom. The van der Waals surface area contributed by atoms with Gasteiger partial charge in [0.15, 0.2) is 0 Å². The quantitative estimate of drug-likeness (QED) is 0.162. The van der Waals surface area contributed by atoms with Crippen molar-refractivity contribution < 1.29 is 0 Å². The molecule has 13 rings (SSSR count). The Hall–Kier alpha value is -7.78. The van der Waals surface area contributed by atoms with Crippen LogP contribution in [0.1, 0.15) is 22.3 Å². The van der Waals surface area contributed by atoms with Crippen LogP contribution in [-0.4, -0.2) is 0 Å². The summed E-state index contributed by atoms with van der Waals surface area (Å²) in [6.07, 6.45) is 0. The molecule has 2 aliphatic rings. The molecule has 2 heteroatoms. The highest BCUT2D eigenvalue weighted by Gasteiger charge is 2.51. The van der Waals surface area contributed by atoms with Crippen LogP contribution in [0.3, 0.4) is 0 Å². The van der Waals surface area contributed by atoms with E-state index in [-0.39, 0.29) is 0 Å². The van der Waals surface area contributed by atoms with Gasteiger partial charge in [-0.2, -0.15) is 0 Å². The van der Waals surface area contributed by atoms with Gasteiger partial charge in [0.05, 0.1) is 11.1 Å². The van der Waals surface area contributed by atoms with Gasteiger partial charge < -0.3 is 4.90 Å². The molecule has 11 aromatic rings. The third-order valence-corrected chi connectivity index (χ3v) is 14.7. The number of benzene rings is 10. The lowest BCUT2D eigenvalue weighted by atomic mass is 9.70. The van der Waals surface area contributed by atoms with Crippen molar-refractivity contribution in [2.75, 3.05) is 4.90 Å². The third-order valence-electron chi connectivity index (χ3n) is 13.5. The fraction of sp³-hybridized carbons (Fsp3) is 0.0164. The molecule has 0 radical (unpaired) electrons. The second-order valence-electron chi connectivity index (χ2n) is 16.8. The van der Waals surface area contributed by atoms with E-state index in [4.69, 9.17) is 0 Å². The van der Waals surface area contributed by atoms with Gasteiger partial charge >= 0.3 is 0 Å². The molecule has 0 aliphatic heterocycles. The van der Waals surface area contributed by atoms with Crippen molar-refractivity contribution in [3.63, 3.8) is 0 Å². The van der Waals surface area contributed by atoms with Gasteiger partial charge in [0.1, 0.15) is 0 Å². The van der Waals surface area contributed by atoms with Gasteiger partial charge in [0, 0.05) is 37.1 Å². The van der Waals surface area contributed by atoms with Gasteiger partial charge in [-0.1, -0.05) is 182 Å². The number of anilines is 3. The Kier molecular flexibility index (Phi) is 8.06. The number of nitrogens with zero attached hydrogens (tertiary/aromatic N) is 1. The smallest absolute Gasteiger partial charge is 0.0726 e. The largest absolute Gasteiger partial charge is 0.310 e. The van der Waals surface area contributed by atoms with Gasteiger partial charge in [0.25, 0.3) is 0 Å². The first-order valence-corrected chi connectivity index (χ1v) is 22.6. The Morgan fingerprint density at radius 1 is 0.286 bits per heavy atom. The summed E-state index contributed by atoms with van der Waals surface area (Å²) in [7, 11) is 0. The first-order valence-electron chi connectivity index (χ1n) is 21.7. The molecule has 294 valence electrons. The van der Waals surface area contributed by atoms with Crippen molar-refractivity contribution in [2.45, 2.75) is 5.41 Å². The van der Waals surface area contributed by atoms with Crippen LogP contribution in [0, 0.1) is 0 Å². The summed E-state index contributed by atoms with van der Waals surface area (Å²) in [5.41, 5.74) is 20.6. The number of rotatable bonds is 6. The van der Waals surface area contributed by atoms with Crippen molar-refractivity contribution >= 4 is 48.6 Å². The SMILES string of the molecule is c1ccc(-c2cccc(-c3ccccc3N(c3ccc(-c4ccc5sc6ccccc6c5c4)cc3)c3ccc4c(c3)C3(c5ccccc5-c5ccccc53)c3ccccc3-4)c2)cc1. The van der Waals surface area contributed by atoms with Crippen LogP contribution in [0.25, 0.3) is 75.8 Å². The van der Waals surface area contributed by atoms with Crippen molar-refractivity contribution in [3.05, 3.63) is 259 Å². The standard InChI is InChI=1S/C61H39NS/c1-2-15-40(16-3-1)42-17-14-18-44(37-42)47-19-7-12-27-58(47)62(45-32-29-41(30-33-45)43-31-36-60-53(38-43)52-23-8-13-28-59(52)63-60)46-34-35-51-50-22-6-11-26-56(50)61(57(51)39-46)54-24-9-4-20-48(54)49-21-5-10-25-55(49)61/h1-39H. The van der Waals surface area contributed by atoms with Crippen molar-refractivity contribution in [1.82, 2.24) is 0 Å². The Balaban J connectivity index is 1.02. The summed E-state index contributed by atoms with van der Waals surface area (Å²) in [5.74, 6) is 0. The van der Waals surface area contributed by atoms with Crippen LogP contribution < -0.4 is 4.90 Å². The highest BCUT2D eigenvalue weighted by atomic mass is 32.1. The lowest BCUT2D eigenvalue weighted by Crippen LogP contribution is -2.26. The molecule has 63 heavy (non-hydrogen) atoms. The van der Waals surface area contributed by atoms with Crippen molar-refractivity contribution in [1.29, 1.82) is 0 Å². The van der Waals surface area contributed by atoms with Gasteiger partial charge in [-0.3, -0.25) is 0 Å². The molecular formula is C61H39NS. The van der Waals surface area contributed by atoms with E-state index in [9.17, 15) is 0 Å². The van der Waals surface area contributed by atoms with Crippen molar-refractivity contribution in [3.8, 4) is 55.6 Å². The minimum Gasteiger partial charge on any atom is -0.310 e. The average molecular weight is 818 g/mol. The molecule has 10 aromatic carbocycles. The molecule has 0 amide bonds. The molecule has 0 atom stereocenters. The van der Waals surface area contributed by atoms with E-state index in [1.807, 2.05) is 11.3 Å². The molecule has 1 spiro atoms. The van der Waals surface area contributed by atoms with Crippen LogP contribution in [0.4, 0.5) is 17.1 Å². The van der Waals surface area contributed by atoms with Crippen LogP contribution in [0.2, 0.25) is 0 Å². The second kappa shape index (κ2) is 14.1. The summed E-state index contributed by atoms with van der Waals surface area (Å²) in [6, 6.07) is 87.8. The molecule has 1 nitrogen and oxygen atoms in total. The van der Waals surface area contributed by atoms with E-state index >= 15 is 0 Å². The van der Waals surface area contributed by atoms with E-state index in [0.717, 1.165) is 17.1 Å². The summed E-state index contributed by atoms with van der Waals surface area (Å²) in [4.78, 5) is 2.48. The van der Waals surface area contributed by atoms with Gasteiger partial charge in [-0.25, -0.2) is 0 Å². The van der Waals surface area contributed by atoms with E-state index < -0.39 is 5.41 Å². The van der Waals surface area contributed by atoms with Crippen LogP contribution in [0.5, 0.6) is 0 Å². The highest BCUT2D eigenvalue weighted by molar-refractivity contribution is 7.25. The molecule has 0 fully saturated rings. The summed E-state index contributed by atoms with van der Waals surface area (Å²) < 4.78 is 2.65. The van der Waals surface area contributed by atoms with E-state index in [1.54, 1.807) is 0 Å². The normalized spacial score (nSPS) is 12.9. The maximum atomic E-state index is 2.49. The number of thiophene rings is 1. The first kappa shape index (κ1) is 35.9. The first-order chi connectivity index (χ1) is 31.2. The lowest BCUT2D eigenvalue weighted by molar-refractivity contribution is 0.793. The summed E-state index contributed by atoms with van der Waals surface area (Å²) >= 11 is 1.86.